The van der Waals surface area contributed by atoms with Crippen LogP contribution < -0.4 is 0 Å². The summed E-state index contributed by atoms with van der Waals surface area (Å²) in [5.74, 6) is -0.167. The van der Waals surface area contributed by atoms with E-state index in [-0.39, 0.29) is 18.4 Å². The zero-order valence-electron chi connectivity index (χ0n) is 2.88. The number of hydrogen-bond acceptors (Lipinski definition) is 3. The Balaban J connectivity index is 2.26. The molecule has 3 aliphatic heterocycles. The van der Waals surface area contributed by atoms with Crippen LogP contribution in [0.3, 0.4) is 0 Å². The van der Waals surface area contributed by atoms with Crippen LogP contribution in [0.4, 0.5) is 0 Å². The Kier molecular flexibility index (Phi) is 0.125. The number of rotatable bonds is 0. The van der Waals surface area contributed by atoms with Crippen molar-refractivity contribution in [3.63, 3.8) is 0 Å². The molecule has 0 N–H and O–H groups in total. The van der Waals surface area contributed by atoms with Crippen molar-refractivity contribution in [3.05, 3.63) is 0 Å². The highest BCUT2D eigenvalue weighted by atomic mass is 17.1. The molecule has 3 heteroatoms. The van der Waals surface area contributed by atoms with E-state index in [1.165, 1.54) is 0 Å². The Morgan fingerprint density at radius 2 is 1.83 bits per heavy atom. The third-order valence-corrected chi connectivity index (χ3v) is 1.37. The predicted molar refractivity (Wildman–Crippen MR) is 13.6 cm³/mol. The Morgan fingerprint density at radius 1 is 1.17 bits per heavy atom. The topological polar surface area (TPSA) is 34.3 Å². The molecule has 3 saturated heterocycles. The fourth-order valence-corrected chi connectivity index (χ4v) is 0.802. The van der Waals surface area contributed by atoms with Gasteiger partial charge in [0.25, 0.3) is 5.79 Å². The smallest absolute Gasteiger partial charge is 0.278 e. The Hall–Kier alpha value is -0.120. The van der Waals surface area contributed by atoms with Crippen LogP contribution in [0.15, 0.2) is 0 Å². The average Bonchev–Trinajstić information content (AvgIpc) is 2.31. The predicted octanol–water partition coefficient (Wildman–Crippen LogP) is -0.575. The van der Waals surface area contributed by atoms with Crippen molar-refractivity contribution in [1.82, 2.24) is 0 Å². The maximum atomic E-state index is 4.84. The van der Waals surface area contributed by atoms with Crippen LogP contribution in [0.1, 0.15) is 0 Å². The molecule has 2 unspecified atom stereocenters. The molecule has 3 aliphatic rings. The molecule has 3 heterocycles. The highest BCUT2D eigenvalue weighted by Gasteiger charge is 2.89. The first-order chi connectivity index (χ1) is 2.92. The zero-order chi connectivity index (χ0) is 3.78. The molecular formula is C3H2O3. The SMILES string of the molecule is O1C2OC23OC13. The van der Waals surface area contributed by atoms with Gasteiger partial charge in [0.05, 0.1) is 0 Å². The van der Waals surface area contributed by atoms with Gasteiger partial charge in [-0.2, -0.15) is 0 Å². The highest BCUT2D eigenvalue weighted by Crippen LogP contribution is 2.66. The lowest BCUT2D eigenvalue weighted by Crippen LogP contribution is -2.17. The van der Waals surface area contributed by atoms with Crippen molar-refractivity contribution >= 4 is 0 Å². The standard InChI is InChI=1S/C3H2O3/c4-1-3(5-1)2(4)6-3/h1-2H. The molecule has 1 spiro atoms. The van der Waals surface area contributed by atoms with E-state index in [9.17, 15) is 0 Å². The Bertz CT molecular complexity index is 103. The van der Waals surface area contributed by atoms with Crippen molar-refractivity contribution in [2.45, 2.75) is 18.4 Å². The number of ether oxygens (including phenoxy) is 3. The molecule has 0 amide bonds. The van der Waals surface area contributed by atoms with Crippen molar-refractivity contribution < 1.29 is 14.2 Å². The van der Waals surface area contributed by atoms with Gasteiger partial charge in [-0.25, -0.2) is 0 Å². The monoisotopic (exact) mass is 86.0 g/mol. The molecule has 0 radical (unpaired) electrons. The first kappa shape index (κ1) is 2.26. The van der Waals surface area contributed by atoms with Crippen molar-refractivity contribution in [2.24, 2.45) is 0 Å². The average molecular weight is 86.0 g/mol. The van der Waals surface area contributed by atoms with Crippen LogP contribution in [0.2, 0.25) is 0 Å². The lowest BCUT2D eigenvalue weighted by Gasteiger charge is -1.93. The minimum atomic E-state index is -0.167. The van der Waals surface area contributed by atoms with E-state index in [1.54, 1.807) is 0 Å². The third kappa shape index (κ3) is 0.0672. The maximum absolute atomic E-state index is 4.84. The summed E-state index contributed by atoms with van der Waals surface area (Å²) in [5, 5.41) is 0. The second-order valence-electron chi connectivity index (χ2n) is 1.76. The third-order valence-electron chi connectivity index (χ3n) is 1.37. The first-order valence-electron chi connectivity index (χ1n) is 1.93. The molecule has 3 fully saturated rings. The summed E-state index contributed by atoms with van der Waals surface area (Å²) in [7, 11) is 0. The van der Waals surface area contributed by atoms with Gasteiger partial charge in [-0.05, 0) is 0 Å². The lowest BCUT2D eigenvalue weighted by atomic mass is 10.4. The number of hydrogen-bond donors (Lipinski definition) is 0. The van der Waals surface area contributed by atoms with Gasteiger partial charge >= 0.3 is 0 Å². The molecule has 3 rings (SSSR count). The van der Waals surface area contributed by atoms with Gasteiger partial charge in [-0.3, -0.25) is 0 Å². The molecule has 0 aromatic rings. The second kappa shape index (κ2) is 0.332. The van der Waals surface area contributed by atoms with Crippen molar-refractivity contribution in [2.75, 3.05) is 0 Å². The van der Waals surface area contributed by atoms with E-state index < -0.39 is 0 Å². The second-order valence-corrected chi connectivity index (χ2v) is 1.76. The zero-order valence-corrected chi connectivity index (χ0v) is 2.88. The summed E-state index contributed by atoms with van der Waals surface area (Å²) in [4.78, 5) is 0. The van der Waals surface area contributed by atoms with Gasteiger partial charge in [0.15, 0.2) is 0 Å². The molecule has 0 saturated carbocycles. The van der Waals surface area contributed by atoms with Gasteiger partial charge in [-0.15, -0.1) is 0 Å². The quantitative estimate of drug-likeness (QED) is 0.370. The molecule has 32 valence electrons. The van der Waals surface area contributed by atoms with Crippen LogP contribution >= 0.6 is 0 Å². The van der Waals surface area contributed by atoms with Gasteiger partial charge in [0.1, 0.15) is 0 Å². The summed E-state index contributed by atoms with van der Waals surface area (Å²) in [5.41, 5.74) is 0. The normalized spacial score (nSPS) is 80.0. The van der Waals surface area contributed by atoms with Crippen LogP contribution in [-0.2, 0) is 14.2 Å². The molecule has 3 nitrogen and oxygen atoms in total. The van der Waals surface area contributed by atoms with Crippen LogP contribution in [0.25, 0.3) is 0 Å². The number of epoxide rings is 2. The molecular weight excluding hydrogens is 84.0 g/mol. The van der Waals surface area contributed by atoms with Crippen LogP contribution in [0, 0.1) is 0 Å². The summed E-state index contributed by atoms with van der Waals surface area (Å²) in [6.07, 6.45) is 0.0602. The molecule has 0 aromatic carbocycles. The van der Waals surface area contributed by atoms with E-state index >= 15 is 0 Å². The molecule has 0 aliphatic carbocycles. The van der Waals surface area contributed by atoms with Gasteiger partial charge in [-0.1, -0.05) is 0 Å². The Labute approximate surface area is 33.8 Å². The molecule has 6 heavy (non-hydrogen) atoms. The van der Waals surface area contributed by atoms with E-state index in [1.807, 2.05) is 0 Å². The van der Waals surface area contributed by atoms with E-state index in [0.29, 0.717) is 0 Å². The first-order valence-corrected chi connectivity index (χ1v) is 1.93. The highest BCUT2D eigenvalue weighted by molar-refractivity contribution is 5.12. The summed E-state index contributed by atoms with van der Waals surface area (Å²) < 4.78 is 14.5. The van der Waals surface area contributed by atoms with Gasteiger partial charge in [0, 0.05) is 0 Å². The van der Waals surface area contributed by atoms with E-state index in [0.717, 1.165) is 0 Å². The van der Waals surface area contributed by atoms with E-state index in [4.69, 9.17) is 14.2 Å². The molecule has 0 aromatic heterocycles. The van der Waals surface area contributed by atoms with Crippen molar-refractivity contribution in [1.29, 1.82) is 0 Å². The largest absolute Gasteiger partial charge is 0.312 e. The Morgan fingerprint density at radius 3 is 1.83 bits per heavy atom. The summed E-state index contributed by atoms with van der Waals surface area (Å²) in [6.45, 7) is 0. The van der Waals surface area contributed by atoms with Crippen LogP contribution in [-0.4, -0.2) is 18.4 Å². The van der Waals surface area contributed by atoms with Gasteiger partial charge in [0.2, 0.25) is 12.6 Å². The van der Waals surface area contributed by atoms with E-state index in [2.05, 4.69) is 0 Å². The molecule has 2 atom stereocenters. The van der Waals surface area contributed by atoms with Crippen LogP contribution in [0.5, 0.6) is 0 Å². The van der Waals surface area contributed by atoms with Crippen molar-refractivity contribution in [3.8, 4) is 0 Å². The fraction of sp³-hybridized carbons (Fsp3) is 1.00. The summed E-state index contributed by atoms with van der Waals surface area (Å²) >= 11 is 0. The van der Waals surface area contributed by atoms with Gasteiger partial charge < -0.3 is 14.2 Å². The fourth-order valence-electron chi connectivity index (χ4n) is 0.802. The minimum Gasteiger partial charge on any atom is -0.312 e. The lowest BCUT2D eigenvalue weighted by molar-refractivity contribution is -0.0138. The minimum absolute atomic E-state index is 0.0301. The maximum Gasteiger partial charge on any atom is 0.278 e. The summed E-state index contributed by atoms with van der Waals surface area (Å²) in [6, 6.07) is 0. The molecule has 0 bridgehead atoms.